The van der Waals surface area contributed by atoms with Crippen LogP contribution in [0.4, 0.5) is 11.4 Å². The fourth-order valence-electron chi connectivity index (χ4n) is 8.15. The lowest BCUT2D eigenvalue weighted by Gasteiger charge is -2.34. The zero-order valence-corrected chi connectivity index (χ0v) is 40.0. The highest BCUT2D eigenvalue weighted by Crippen LogP contribution is 2.47. The third-order valence-corrected chi connectivity index (χ3v) is 11.1. The lowest BCUT2D eigenvalue weighted by atomic mass is 9.73. The summed E-state index contributed by atoms with van der Waals surface area (Å²) in [6, 6.07) is 12.2. The summed E-state index contributed by atoms with van der Waals surface area (Å²) in [5.41, 5.74) is 19.7. The lowest BCUT2D eigenvalue weighted by Crippen LogP contribution is -2.19. The minimum absolute atomic E-state index is 1.01. The Bertz CT molecular complexity index is 1920. The van der Waals surface area contributed by atoms with Crippen molar-refractivity contribution in [3.05, 3.63) is 184 Å². The van der Waals surface area contributed by atoms with Crippen LogP contribution in [0.15, 0.2) is 157 Å². The molecule has 2 aliphatic rings. The van der Waals surface area contributed by atoms with Crippen LogP contribution in [0.25, 0.3) is 5.57 Å². The van der Waals surface area contributed by atoms with Crippen molar-refractivity contribution in [2.75, 3.05) is 4.90 Å². The molecule has 4 rings (SSSR count). The molecular weight excluding hydrogens is 723 g/mol. The van der Waals surface area contributed by atoms with Gasteiger partial charge in [0.15, 0.2) is 0 Å². The first-order valence-corrected chi connectivity index (χ1v) is 23.7. The molecule has 0 radical (unpaired) electrons. The summed E-state index contributed by atoms with van der Waals surface area (Å²) < 4.78 is 0. The van der Waals surface area contributed by atoms with Crippen molar-refractivity contribution in [3.63, 3.8) is 0 Å². The third-order valence-electron chi connectivity index (χ3n) is 11.1. The number of benzene rings is 2. The number of hydrogen-bond donors (Lipinski definition) is 0. The smallest absolute Gasteiger partial charge is 0.0464 e. The molecule has 0 amide bonds. The number of hydrogen-bond acceptors (Lipinski definition) is 1. The second-order valence-corrected chi connectivity index (χ2v) is 15.8. The van der Waals surface area contributed by atoms with Crippen LogP contribution < -0.4 is 4.90 Å². The summed E-state index contributed by atoms with van der Waals surface area (Å²) >= 11 is 0. The van der Waals surface area contributed by atoms with Gasteiger partial charge in [0, 0.05) is 17.1 Å². The van der Waals surface area contributed by atoms with Gasteiger partial charge in [-0.15, -0.1) is 13.2 Å². The van der Waals surface area contributed by atoms with Crippen molar-refractivity contribution in [1.82, 2.24) is 0 Å². The van der Waals surface area contributed by atoms with Crippen molar-refractivity contribution in [2.45, 2.75) is 166 Å². The highest BCUT2D eigenvalue weighted by molar-refractivity contribution is 5.91. The van der Waals surface area contributed by atoms with E-state index in [4.69, 9.17) is 0 Å². The monoisotopic (exact) mass is 806 g/mol. The van der Waals surface area contributed by atoms with Gasteiger partial charge in [-0.3, -0.25) is 0 Å². The van der Waals surface area contributed by atoms with Gasteiger partial charge in [0.05, 0.1) is 0 Å². The Morgan fingerprint density at radius 3 is 1.88 bits per heavy atom. The molecule has 1 heteroatoms. The SMILES string of the molecule is C=C.C=C\C=C(CC)/C(=C\C=C\C1=C2\C(=C/C(/C=C\CCC)=C/CCC)CCc3cc(N(/C(C)=C/C=C\CCC)c4ccc(CC)c(CC)c4)cc(c32)CC1)CC.CCC. The van der Waals surface area contributed by atoms with E-state index in [0.717, 1.165) is 83.5 Å². The molecule has 0 unspecified atom stereocenters. The average molecular weight is 806 g/mol. The zero-order chi connectivity index (χ0) is 44.3. The second kappa shape index (κ2) is 29.6. The highest BCUT2D eigenvalue weighted by Gasteiger charge is 2.29. The molecule has 0 aliphatic heterocycles. The lowest BCUT2D eigenvalue weighted by molar-refractivity contribution is 0.872. The minimum Gasteiger partial charge on any atom is -0.314 e. The first kappa shape index (κ1) is 51.5. The van der Waals surface area contributed by atoms with E-state index in [1.54, 1.807) is 0 Å². The van der Waals surface area contributed by atoms with Gasteiger partial charge in [-0.05, 0) is 169 Å². The van der Waals surface area contributed by atoms with Crippen LogP contribution in [0.5, 0.6) is 0 Å². The molecule has 0 aromatic heterocycles. The van der Waals surface area contributed by atoms with E-state index in [1.807, 2.05) is 6.08 Å². The summed E-state index contributed by atoms with van der Waals surface area (Å²) in [5.74, 6) is 0. The summed E-state index contributed by atoms with van der Waals surface area (Å²) in [4.78, 5) is 2.51. The number of allylic oxidation sites excluding steroid dienone is 19. The first-order chi connectivity index (χ1) is 29.3. The maximum Gasteiger partial charge on any atom is 0.0464 e. The van der Waals surface area contributed by atoms with Crippen LogP contribution in [-0.4, -0.2) is 0 Å². The molecule has 0 atom stereocenters. The molecule has 324 valence electrons. The Kier molecular flexibility index (Phi) is 25.4. The van der Waals surface area contributed by atoms with Crippen LogP contribution in [0.1, 0.15) is 168 Å². The summed E-state index contributed by atoms with van der Waals surface area (Å²) in [6.45, 7) is 32.3. The number of unbranched alkanes of at least 4 members (excludes halogenated alkanes) is 3. The van der Waals surface area contributed by atoms with Crippen molar-refractivity contribution < 1.29 is 0 Å². The van der Waals surface area contributed by atoms with Crippen LogP contribution in [0, 0.1) is 0 Å². The van der Waals surface area contributed by atoms with Crippen molar-refractivity contribution in [1.29, 1.82) is 0 Å². The van der Waals surface area contributed by atoms with Crippen LogP contribution in [0.2, 0.25) is 0 Å². The van der Waals surface area contributed by atoms with Gasteiger partial charge in [-0.1, -0.05) is 167 Å². The van der Waals surface area contributed by atoms with E-state index in [-0.39, 0.29) is 0 Å². The largest absolute Gasteiger partial charge is 0.314 e. The fourth-order valence-corrected chi connectivity index (χ4v) is 8.15. The highest BCUT2D eigenvalue weighted by atomic mass is 15.1. The number of anilines is 2. The predicted octanol–water partition coefficient (Wildman–Crippen LogP) is 18.5. The normalized spacial score (nSPS) is 15.3. The molecular formula is C59H83N. The molecule has 2 aromatic rings. The molecule has 0 N–H and O–H groups in total. The van der Waals surface area contributed by atoms with E-state index >= 15 is 0 Å². The topological polar surface area (TPSA) is 3.24 Å². The predicted molar refractivity (Wildman–Crippen MR) is 274 cm³/mol. The van der Waals surface area contributed by atoms with Gasteiger partial charge in [0.25, 0.3) is 0 Å². The molecule has 0 saturated heterocycles. The first-order valence-electron chi connectivity index (χ1n) is 23.7. The van der Waals surface area contributed by atoms with E-state index in [2.05, 4.69) is 191 Å². The van der Waals surface area contributed by atoms with Crippen molar-refractivity contribution in [2.24, 2.45) is 0 Å². The maximum absolute atomic E-state index is 3.97. The Morgan fingerprint density at radius 1 is 0.667 bits per heavy atom. The Balaban J connectivity index is 0.00000237. The number of rotatable bonds is 20. The molecule has 0 spiro atoms. The Labute approximate surface area is 370 Å². The van der Waals surface area contributed by atoms with Gasteiger partial charge >= 0.3 is 0 Å². The van der Waals surface area contributed by atoms with E-state index in [0.29, 0.717) is 0 Å². The number of aryl methyl sites for hydroxylation is 4. The van der Waals surface area contributed by atoms with Crippen LogP contribution in [-0.2, 0) is 25.7 Å². The molecule has 0 bridgehead atoms. The Morgan fingerprint density at radius 2 is 1.28 bits per heavy atom. The molecule has 1 nitrogen and oxygen atoms in total. The zero-order valence-electron chi connectivity index (χ0n) is 40.0. The third kappa shape index (κ3) is 15.1. The van der Waals surface area contributed by atoms with Gasteiger partial charge in [-0.25, -0.2) is 0 Å². The number of nitrogens with zero attached hydrogens (tertiary/aromatic N) is 1. The van der Waals surface area contributed by atoms with Crippen molar-refractivity contribution in [3.8, 4) is 0 Å². The van der Waals surface area contributed by atoms with E-state index in [9.17, 15) is 0 Å². The quantitative estimate of drug-likeness (QED) is 0.0952. The maximum atomic E-state index is 3.97. The summed E-state index contributed by atoms with van der Waals surface area (Å²) in [7, 11) is 0. The molecule has 2 aromatic carbocycles. The second-order valence-electron chi connectivity index (χ2n) is 15.8. The van der Waals surface area contributed by atoms with E-state index < -0.39 is 0 Å². The van der Waals surface area contributed by atoms with Gasteiger partial charge in [0.2, 0.25) is 0 Å². The summed E-state index contributed by atoms with van der Waals surface area (Å²) in [5, 5.41) is 0. The Hall–Kier alpha value is -4.62. The van der Waals surface area contributed by atoms with Gasteiger partial charge < -0.3 is 4.90 Å². The molecule has 0 heterocycles. The molecule has 0 saturated carbocycles. The molecule has 2 aliphatic carbocycles. The minimum atomic E-state index is 1.01. The van der Waals surface area contributed by atoms with Gasteiger partial charge in [0.1, 0.15) is 0 Å². The average Bonchev–Trinajstić information content (AvgIpc) is 3.27. The fraction of sp³-hybridized carbons (Fsp3) is 0.424. The van der Waals surface area contributed by atoms with Crippen LogP contribution in [0.3, 0.4) is 0 Å². The van der Waals surface area contributed by atoms with Crippen LogP contribution >= 0.6 is 0 Å². The standard InChI is InChI=1S/C54H71N.C3H8.C2H4/c1-10-18-21-23-26-41(9)55(51-36-35-45(16-7)46(17-8)38-51)52-39-49-32-31-47(30-24-29-44(15-6)43(14-5)25-13-4)53-48(33-34-50(40-52)54(49)53)37-42(27-20-12-3)28-22-19-11-2;1-3-2;1-2/h13,21-30,35-40H,4,10-12,14-20,31-34H2,1-3,5-9H3;3H2,1-2H3;1-2H2/b23-21-,28-22-,30-24+,41-26+,42-27+,43-25-,44-29-,48-37-;;. The van der Waals surface area contributed by atoms with Crippen molar-refractivity contribution >= 4 is 16.9 Å². The van der Waals surface area contributed by atoms with Gasteiger partial charge in [-0.2, -0.15) is 0 Å². The van der Waals surface area contributed by atoms with E-state index in [1.165, 1.54) is 91.2 Å². The molecule has 60 heavy (non-hydrogen) atoms. The molecule has 0 fully saturated rings. The summed E-state index contributed by atoms with van der Waals surface area (Å²) in [6.07, 6.45) is 44.1.